The van der Waals surface area contributed by atoms with E-state index in [0.29, 0.717) is 42.3 Å². The Morgan fingerprint density at radius 1 is 1.02 bits per heavy atom. The standard InChI is InChI=1S/C38H35BrClF4N3O7S/c1-2-54-30-18-24(38(49)50)8-9-29(30)47(19-21-14-25(22-6-7-22)16-26(15-21)46-10-12-53-13-11-46)31(48)20-55(51,52)45-37-27(33(41)34(42)35(43)36(37)44)17-23-4-3-5-28(39)32(23)40/h3-5,8-9,14-16,18,22,45H,2,6-7,10-13,17,19-20H2,1H3,(H,49,50). The van der Waals surface area contributed by atoms with Gasteiger partial charge in [-0.05, 0) is 94.7 Å². The summed E-state index contributed by atoms with van der Waals surface area (Å²) < 4.78 is 101. The molecule has 1 heterocycles. The highest BCUT2D eigenvalue weighted by atomic mass is 79.9. The van der Waals surface area contributed by atoms with Crippen LogP contribution >= 0.6 is 27.5 Å². The number of hydrogen-bond acceptors (Lipinski definition) is 7. The Morgan fingerprint density at radius 2 is 1.73 bits per heavy atom. The highest BCUT2D eigenvalue weighted by Crippen LogP contribution is 2.42. The molecule has 55 heavy (non-hydrogen) atoms. The van der Waals surface area contributed by atoms with Crippen molar-refractivity contribution < 1.29 is 50.1 Å². The lowest BCUT2D eigenvalue weighted by Gasteiger charge is -2.30. The molecule has 2 fully saturated rings. The Kier molecular flexibility index (Phi) is 12.3. The maximum Gasteiger partial charge on any atom is 0.335 e. The van der Waals surface area contributed by atoms with Crippen molar-refractivity contribution >= 4 is 66.5 Å². The van der Waals surface area contributed by atoms with Crippen molar-refractivity contribution in [3.63, 3.8) is 0 Å². The molecular weight excluding hydrogens is 834 g/mol. The minimum absolute atomic E-state index is 0.0326. The van der Waals surface area contributed by atoms with Crippen molar-refractivity contribution in [1.29, 1.82) is 0 Å². The molecule has 0 bridgehead atoms. The van der Waals surface area contributed by atoms with E-state index in [9.17, 15) is 31.9 Å². The molecule has 0 aromatic heterocycles. The molecular formula is C38H35BrClF4N3O7S. The molecule has 4 aromatic rings. The number of benzene rings is 4. The molecule has 1 saturated carbocycles. The Bertz CT molecular complexity index is 2260. The van der Waals surface area contributed by atoms with E-state index in [-0.39, 0.29) is 40.7 Å². The maximum atomic E-state index is 15.4. The number of sulfonamides is 1. The Balaban J connectivity index is 1.39. The van der Waals surface area contributed by atoms with Gasteiger partial charge in [0.05, 0.1) is 48.3 Å². The molecule has 0 atom stereocenters. The van der Waals surface area contributed by atoms with Gasteiger partial charge in [0, 0.05) is 35.2 Å². The van der Waals surface area contributed by atoms with Gasteiger partial charge in [-0.2, -0.15) is 0 Å². The maximum absolute atomic E-state index is 15.4. The zero-order valence-electron chi connectivity index (χ0n) is 29.3. The van der Waals surface area contributed by atoms with Gasteiger partial charge in [-0.1, -0.05) is 29.8 Å². The van der Waals surface area contributed by atoms with Gasteiger partial charge in [0.1, 0.15) is 11.5 Å². The third-order valence-electron chi connectivity index (χ3n) is 9.20. The van der Waals surface area contributed by atoms with E-state index in [2.05, 4.69) is 26.9 Å². The molecule has 0 spiro atoms. The topological polar surface area (TPSA) is 125 Å². The van der Waals surface area contributed by atoms with Gasteiger partial charge in [0.25, 0.3) is 0 Å². The van der Waals surface area contributed by atoms with Crippen LogP contribution in [0.25, 0.3) is 0 Å². The number of hydrogen-bond donors (Lipinski definition) is 2. The summed E-state index contributed by atoms with van der Waals surface area (Å²) in [5, 5.41) is 9.69. The highest BCUT2D eigenvalue weighted by molar-refractivity contribution is 9.10. The van der Waals surface area contributed by atoms with Crippen molar-refractivity contribution in [1.82, 2.24) is 0 Å². The van der Waals surface area contributed by atoms with Gasteiger partial charge in [-0.15, -0.1) is 0 Å². The number of nitrogens with one attached hydrogen (secondary N) is 1. The molecule has 2 N–H and O–H groups in total. The lowest BCUT2D eigenvalue weighted by atomic mass is 10.0. The molecule has 292 valence electrons. The van der Waals surface area contributed by atoms with Crippen LogP contribution in [-0.2, 0) is 32.5 Å². The van der Waals surface area contributed by atoms with Crippen LogP contribution in [0.1, 0.15) is 58.3 Å². The van der Waals surface area contributed by atoms with Crippen LogP contribution in [0.5, 0.6) is 5.75 Å². The number of carbonyl (C=O) groups is 2. The number of ether oxygens (including phenoxy) is 2. The van der Waals surface area contributed by atoms with Gasteiger partial charge >= 0.3 is 5.97 Å². The molecule has 0 radical (unpaired) electrons. The monoisotopic (exact) mass is 867 g/mol. The largest absolute Gasteiger partial charge is 0.492 e. The molecule has 0 unspecified atom stereocenters. The van der Waals surface area contributed by atoms with E-state index >= 15 is 8.78 Å². The van der Waals surface area contributed by atoms with Gasteiger partial charge in [0.2, 0.25) is 15.9 Å². The Hall–Kier alpha value is -4.38. The Labute approximate surface area is 328 Å². The van der Waals surface area contributed by atoms with Crippen LogP contribution in [0.3, 0.4) is 0 Å². The zero-order chi connectivity index (χ0) is 39.6. The van der Waals surface area contributed by atoms with Crippen LogP contribution in [0.15, 0.2) is 59.1 Å². The first-order valence-corrected chi connectivity index (χ1v) is 20.0. The molecule has 1 amide bonds. The molecule has 1 aliphatic heterocycles. The number of anilines is 3. The van der Waals surface area contributed by atoms with E-state index < -0.39 is 68.6 Å². The van der Waals surface area contributed by atoms with Crippen LogP contribution in [-0.4, -0.2) is 64.1 Å². The smallest absolute Gasteiger partial charge is 0.335 e. The average molecular weight is 869 g/mol. The normalized spacial score (nSPS) is 14.5. The average Bonchev–Trinajstić information content (AvgIpc) is 4.01. The third-order valence-corrected chi connectivity index (χ3v) is 11.7. The predicted octanol–water partition coefficient (Wildman–Crippen LogP) is 8.04. The highest BCUT2D eigenvalue weighted by Gasteiger charge is 2.32. The first kappa shape index (κ1) is 40.3. The molecule has 2 aliphatic rings. The molecule has 6 rings (SSSR count). The summed E-state index contributed by atoms with van der Waals surface area (Å²) in [6, 6.07) is 14.1. The molecule has 10 nitrogen and oxygen atoms in total. The first-order chi connectivity index (χ1) is 26.2. The lowest BCUT2D eigenvalue weighted by Crippen LogP contribution is -2.38. The van der Waals surface area contributed by atoms with E-state index in [4.69, 9.17) is 21.1 Å². The summed E-state index contributed by atoms with van der Waals surface area (Å²) in [5.74, 6) is -11.8. The minimum Gasteiger partial charge on any atom is -0.492 e. The van der Waals surface area contributed by atoms with Gasteiger partial charge in [-0.25, -0.2) is 30.8 Å². The second-order valence-electron chi connectivity index (χ2n) is 13.1. The fourth-order valence-electron chi connectivity index (χ4n) is 6.34. The number of morpholine rings is 1. The molecule has 1 aliphatic carbocycles. The second kappa shape index (κ2) is 16.8. The van der Waals surface area contributed by atoms with E-state index in [0.717, 1.165) is 29.0 Å². The predicted molar refractivity (Wildman–Crippen MR) is 203 cm³/mol. The van der Waals surface area contributed by atoms with Gasteiger partial charge in [-0.3, -0.25) is 9.52 Å². The van der Waals surface area contributed by atoms with Crippen molar-refractivity contribution in [2.24, 2.45) is 0 Å². The van der Waals surface area contributed by atoms with Crippen LogP contribution in [0.4, 0.5) is 34.6 Å². The summed E-state index contributed by atoms with van der Waals surface area (Å²) in [4.78, 5) is 29.3. The van der Waals surface area contributed by atoms with Crippen LogP contribution in [0, 0.1) is 23.3 Å². The minimum atomic E-state index is -5.00. The lowest BCUT2D eigenvalue weighted by molar-refractivity contribution is -0.116. The van der Waals surface area contributed by atoms with Gasteiger partial charge in [0.15, 0.2) is 23.3 Å². The second-order valence-corrected chi connectivity index (χ2v) is 16.0. The fourth-order valence-corrected chi connectivity index (χ4v) is 8.01. The van der Waals surface area contributed by atoms with E-state index in [1.54, 1.807) is 17.7 Å². The number of aromatic carboxylic acids is 1. The summed E-state index contributed by atoms with van der Waals surface area (Å²) >= 11 is 9.50. The number of rotatable bonds is 14. The third kappa shape index (κ3) is 9.20. The molecule has 4 aromatic carbocycles. The van der Waals surface area contributed by atoms with Crippen molar-refractivity contribution in [3.8, 4) is 5.75 Å². The summed E-state index contributed by atoms with van der Waals surface area (Å²) in [6.45, 7) is 3.78. The van der Waals surface area contributed by atoms with Crippen LogP contribution in [0.2, 0.25) is 5.02 Å². The van der Waals surface area contributed by atoms with Crippen molar-refractivity contribution in [2.75, 3.05) is 53.2 Å². The SMILES string of the molecule is CCOc1cc(C(=O)O)ccc1N(Cc1cc(C2CC2)cc(N2CCOCC2)c1)C(=O)CS(=O)(=O)Nc1c(F)c(F)c(F)c(F)c1Cc1cccc(Br)c1Cl. The summed E-state index contributed by atoms with van der Waals surface area (Å²) in [7, 11) is -5.00. The summed E-state index contributed by atoms with van der Waals surface area (Å²) in [5.41, 5.74) is 0.405. The number of halogens is 6. The molecule has 1 saturated heterocycles. The number of carbonyl (C=O) groups excluding carboxylic acids is 1. The quantitative estimate of drug-likeness (QED) is 0.0742. The Morgan fingerprint density at radius 3 is 2.40 bits per heavy atom. The summed E-state index contributed by atoms with van der Waals surface area (Å²) in [6.07, 6.45) is 1.29. The fraction of sp³-hybridized carbons (Fsp3) is 0.316. The molecule has 17 heteroatoms. The number of carboxylic acid groups (broad SMARTS) is 1. The number of carboxylic acids is 1. The zero-order valence-corrected chi connectivity index (χ0v) is 32.5. The first-order valence-electron chi connectivity index (χ1n) is 17.2. The van der Waals surface area contributed by atoms with Crippen molar-refractivity contribution in [2.45, 2.75) is 38.6 Å². The number of nitrogens with zero attached hydrogens (tertiary/aromatic N) is 2. The number of amides is 1. The van der Waals surface area contributed by atoms with Crippen LogP contribution < -0.4 is 19.3 Å². The van der Waals surface area contributed by atoms with E-state index in [1.807, 2.05) is 12.1 Å². The van der Waals surface area contributed by atoms with Crippen molar-refractivity contribution in [3.05, 3.63) is 115 Å². The van der Waals surface area contributed by atoms with Gasteiger partial charge < -0.3 is 24.4 Å². The van der Waals surface area contributed by atoms with E-state index in [1.165, 1.54) is 30.3 Å².